The van der Waals surface area contributed by atoms with Crippen LogP contribution in [-0.2, 0) is 4.79 Å². The molecule has 5 heteroatoms. The summed E-state index contributed by atoms with van der Waals surface area (Å²) in [5.74, 6) is 1.66. The largest absolute Gasteiger partial charge is 0.490 e. The highest BCUT2D eigenvalue weighted by molar-refractivity contribution is 5.78. The summed E-state index contributed by atoms with van der Waals surface area (Å²) in [6.45, 7) is 6.13. The van der Waals surface area contributed by atoms with Crippen LogP contribution in [0.15, 0.2) is 18.2 Å². The van der Waals surface area contributed by atoms with Gasteiger partial charge in [-0.1, -0.05) is 6.92 Å². The van der Waals surface area contributed by atoms with Crippen LogP contribution in [0.25, 0.3) is 0 Å². The van der Waals surface area contributed by atoms with Gasteiger partial charge in [0.05, 0.1) is 6.61 Å². The van der Waals surface area contributed by atoms with Crippen molar-refractivity contribution in [3.8, 4) is 11.5 Å². The predicted molar refractivity (Wildman–Crippen MR) is 83.5 cm³/mol. The lowest BCUT2D eigenvalue weighted by Crippen LogP contribution is -2.40. The summed E-state index contributed by atoms with van der Waals surface area (Å²) in [7, 11) is 0. The fraction of sp³-hybridized carbons (Fsp3) is 0.529. The number of carbonyl (C=O) groups excluding carboxylic acids is 2. The Morgan fingerprint density at radius 2 is 2.00 bits per heavy atom. The first kappa shape index (κ1) is 16.3. The van der Waals surface area contributed by atoms with Crippen LogP contribution in [0.2, 0.25) is 0 Å². The number of benzene rings is 1. The Bertz CT molecular complexity index is 521. The normalized spacial score (nSPS) is 15.5. The summed E-state index contributed by atoms with van der Waals surface area (Å²) in [6.07, 6.45) is 2.85. The van der Waals surface area contributed by atoms with Gasteiger partial charge in [-0.25, -0.2) is 0 Å². The first-order chi connectivity index (χ1) is 10.6. The molecule has 0 bridgehead atoms. The number of likely N-dealkylation sites (tertiary alicyclic amines) is 1. The van der Waals surface area contributed by atoms with Crippen molar-refractivity contribution in [1.82, 2.24) is 4.90 Å². The molecule has 0 spiro atoms. The fourth-order valence-electron chi connectivity index (χ4n) is 2.47. The van der Waals surface area contributed by atoms with E-state index >= 15 is 0 Å². The lowest BCUT2D eigenvalue weighted by Gasteiger charge is -2.30. The molecule has 0 N–H and O–H groups in total. The summed E-state index contributed by atoms with van der Waals surface area (Å²) < 4.78 is 11.1. The SMILES string of the molecule is CCOc1cc(C=O)ccc1OCC(=O)N1CCC(C)CC1. The Kier molecular flexibility index (Phi) is 5.81. The van der Waals surface area contributed by atoms with Crippen LogP contribution < -0.4 is 9.47 Å². The van der Waals surface area contributed by atoms with E-state index in [0.717, 1.165) is 32.2 Å². The van der Waals surface area contributed by atoms with E-state index in [1.165, 1.54) is 0 Å². The zero-order chi connectivity index (χ0) is 15.9. The zero-order valence-corrected chi connectivity index (χ0v) is 13.2. The number of carbonyl (C=O) groups is 2. The van der Waals surface area contributed by atoms with Gasteiger partial charge in [0.25, 0.3) is 5.91 Å². The highest BCUT2D eigenvalue weighted by Gasteiger charge is 2.21. The molecule has 1 aromatic carbocycles. The molecule has 5 nitrogen and oxygen atoms in total. The number of hydrogen-bond donors (Lipinski definition) is 0. The third-order valence-corrected chi connectivity index (χ3v) is 3.89. The molecule has 0 atom stereocenters. The second-order valence-corrected chi connectivity index (χ2v) is 5.61. The van der Waals surface area contributed by atoms with E-state index in [0.29, 0.717) is 29.6 Å². The molecule has 1 aliphatic rings. The van der Waals surface area contributed by atoms with Crippen molar-refractivity contribution in [3.63, 3.8) is 0 Å². The van der Waals surface area contributed by atoms with Crippen LogP contribution in [0.1, 0.15) is 37.0 Å². The highest BCUT2D eigenvalue weighted by Crippen LogP contribution is 2.28. The number of piperidine rings is 1. The topological polar surface area (TPSA) is 55.8 Å². The van der Waals surface area contributed by atoms with E-state index in [2.05, 4.69) is 6.92 Å². The number of amides is 1. The van der Waals surface area contributed by atoms with Crippen molar-refractivity contribution >= 4 is 12.2 Å². The molecule has 22 heavy (non-hydrogen) atoms. The predicted octanol–water partition coefficient (Wildman–Crippen LogP) is 2.54. The lowest BCUT2D eigenvalue weighted by atomic mass is 9.99. The second-order valence-electron chi connectivity index (χ2n) is 5.61. The first-order valence-corrected chi connectivity index (χ1v) is 7.76. The Morgan fingerprint density at radius 3 is 2.64 bits per heavy atom. The summed E-state index contributed by atoms with van der Waals surface area (Å²) in [5.41, 5.74) is 0.521. The smallest absolute Gasteiger partial charge is 0.260 e. The third-order valence-electron chi connectivity index (χ3n) is 3.89. The molecular formula is C17H23NO4. The average Bonchev–Trinajstić information content (AvgIpc) is 2.54. The van der Waals surface area contributed by atoms with Gasteiger partial charge >= 0.3 is 0 Å². The van der Waals surface area contributed by atoms with Crippen LogP contribution in [0, 0.1) is 5.92 Å². The zero-order valence-electron chi connectivity index (χ0n) is 13.2. The number of hydrogen-bond acceptors (Lipinski definition) is 4. The van der Waals surface area contributed by atoms with Gasteiger partial charge < -0.3 is 14.4 Å². The van der Waals surface area contributed by atoms with Crippen molar-refractivity contribution in [3.05, 3.63) is 23.8 Å². The first-order valence-electron chi connectivity index (χ1n) is 7.76. The van der Waals surface area contributed by atoms with Gasteiger partial charge in [0, 0.05) is 18.7 Å². The molecule has 0 saturated carbocycles. The molecule has 0 radical (unpaired) electrons. The molecular weight excluding hydrogens is 282 g/mol. The van der Waals surface area contributed by atoms with Gasteiger partial charge in [0.1, 0.15) is 6.29 Å². The summed E-state index contributed by atoms with van der Waals surface area (Å²) in [5, 5.41) is 0. The van der Waals surface area contributed by atoms with Crippen LogP contribution in [0.5, 0.6) is 11.5 Å². The van der Waals surface area contributed by atoms with E-state index in [9.17, 15) is 9.59 Å². The maximum Gasteiger partial charge on any atom is 0.260 e. The molecule has 1 amide bonds. The van der Waals surface area contributed by atoms with Gasteiger partial charge in [-0.05, 0) is 43.9 Å². The van der Waals surface area contributed by atoms with Crippen LogP contribution in [0.4, 0.5) is 0 Å². The minimum atomic E-state index is -0.00573. The number of rotatable bonds is 6. The van der Waals surface area contributed by atoms with Crippen molar-refractivity contribution in [2.45, 2.75) is 26.7 Å². The Morgan fingerprint density at radius 1 is 1.27 bits per heavy atom. The van der Waals surface area contributed by atoms with Gasteiger partial charge in [0.2, 0.25) is 0 Å². The standard InChI is InChI=1S/C17H23NO4/c1-3-21-16-10-14(11-19)4-5-15(16)22-12-17(20)18-8-6-13(2)7-9-18/h4-5,10-11,13H,3,6-9,12H2,1-2H3. The number of nitrogens with zero attached hydrogens (tertiary/aromatic N) is 1. The Balaban J connectivity index is 1.95. The monoisotopic (exact) mass is 305 g/mol. The molecule has 0 unspecified atom stereocenters. The van der Waals surface area contributed by atoms with Gasteiger partial charge in [-0.2, -0.15) is 0 Å². The lowest BCUT2D eigenvalue weighted by molar-refractivity contribution is -0.134. The van der Waals surface area contributed by atoms with Gasteiger partial charge in [-0.15, -0.1) is 0 Å². The van der Waals surface area contributed by atoms with E-state index in [1.54, 1.807) is 18.2 Å². The number of ether oxygens (including phenoxy) is 2. The maximum atomic E-state index is 12.2. The van der Waals surface area contributed by atoms with Crippen LogP contribution in [0.3, 0.4) is 0 Å². The van der Waals surface area contributed by atoms with Gasteiger partial charge in [-0.3, -0.25) is 9.59 Å². The molecule has 2 rings (SSSR count). The Labute approximate surface area is 131 Å². The minimum absolute atomic E-state index is 0.00507. The maximum absolute atomic E-state index is 12.2. The highest BCUT2D eigenvalue weighted by atomic mass is 16.5. The van der Waals surface area contributed by atoms with Crippen LogP contribution in [-0.4, -0.2) is 43.4 Å². The summed E-state index contributed by atoms with van der Waals surface area (Å²) in [4.78, 5) is 24.8. The van der Waals surface area contributed by atoms with E-state index in [-0.39, 0.29) is 12.5 Å². The van der Waals surface area contributed by atoms with Crippen molar-refractivity contribution in [1.29, 1.82) is 0 Å². The molecule has 1 heterocycles. The molecule has 1 aliphatic heterocycles. The molecule has 1 saturated heterocycles. The Hall–Kier alpha value is -2.04. The second kappa shape index (κ2) is 7.82. The van der Waals surface area contributed by atoms with E-state index in [1.807, 2.05) is 11.8 Å². The molecule has 1 fully saturated rings. The minimum Gasteiger partial charge on any atom is -0.490 e. The fourth-order valence-corrected chi connectivity index (χ4v) is 2.47. The third kappa shape index (κ3) is 4.23. The number of aldehydes is 1. The molecule has 120 valence electrons. The quantitative estimate of drug-likeness (QED) is 0.758. The van der Waals surface area contributed by atoms with Crippen molar-refractivity contribution < 1.29 is 19.1 Å². The average molecular weight is 305 g/mol. The van der Waals surface area contributed by atoms with Crippen LogP contribution >= 0.6 is 0 Å². The summed E-state index contributed by atoms with van der Waals surface area (Å²) >= 11 is 0. The molecule has 0 aliphatic carbocycles. The molecule has 1 aromatic rings. The van der Waals surface area contributed by atoms with Crippen molar-refractivity contribution in [2.75, 3.05) is 26.3 Å². The summed E-state index contributed by atoms with van der Waals surface area (Å²) in [6, 6.07) is 4.94. The van der Waals surface area contributed by atoms with E-state index < -0.39 is 0 Å². The van der Waals surface area contributed by atoms with Gasteiger partial charge in [0.15, 0.2) is 18.1 Å². The van der Waals surface area contributed by atoms with Crippen molar-refractivity contribution in [2.24, 2.45) is 5.92 Å². The van der Waals surface area contributed by atoms with E-state index in [4.69, 9.17) is 9.47 Å². The molecule has 0 aromatic heterocycles.